The van der Waals surface area contributed by atoms with Crippen molar-refractivity contribution in [3.8, 4) is 11.4 Å². The number of hydrogen-bond donors (Lipinski definition) is 1. The van der Waals surface area contributed by atoms with Crippen LogP contribution >= 0.6 is 11.6 Å². The van der Waals surface area contributed by atoms with Crippen molar-refractivity contribution < 1.29 is 9.50 Å². The summed E-state index contributed by atoms with van der Waals surface area (Å²) in [6, 6.07) is 5.71. The maximum Gasteiger partial charge on any atom is 0.161 e. The molecule has 1 N–H and O–H groups in total. The zero-order valence-electron chi connectivity index (χ0n) is 9.11. The number of aryl methyl sites for hydroxylation is 1. The molecule has 5 heteroatoms. The molecule has 0 aliphatic rings. The molecule has 88 valence electrons. The molecule has 1 aromatic carbocycles. The first-order valence-electron chi connectivity index (χ1n) is 5.01. The third-order valence-electron chi connectivity index (χ3n) is 2.24. The SMILES string of the molecule is Cc1cc(CO)nc(-c2ccc(F)cc2Cl)n1. The minimum atomic E-state index is -0.409. The standard InChI is InChI=1S/C12H10ClFN2O/c1-7-4-9(6-17)16-12(15-7)10-3-2-8(14)5-11(10)13/h2-5,17H,6H2,1H3. The molecule has 0 aliphatic carbocycles. The van der Waals surface area contributed by atoms with Crippen LogP contribution in [-0.4, -0.2) is 15.1 Å². The summed E-state index contributed by atoms with van der Waals surface area (Å²) in [5.74, 6) is -0.0205. The first kappa shape index (κ1) is 12.0. The van der Waals surface area contributed by atoms with Gasteiger partial charge in [-0.1, -0.05) is 11.6 Å². The molecule has 0 radical (unpaired) electrons. The molecular weight excluding hydrogens is 243 g/mol. The lowest BCUT2D eigenvalue weighted by atomic mass is 10.2. The van der Waals surface area contributed by atoms with E-state index in [1.54, 1.807) is 13.0 Å². The molecule has 0 saturated carbocycles. The van der Waals surface area contributed by atoms with E-state index in [4.69, 9.17) is 16.7 Å². The number of nitrogens with zero attached hydrogens (tertiary/aromatic N) is 2. The van der Waals surface area contributed by atoms with E-state index in [-0.39, 0.29) is 11.6 Å². The van der Waals surface area contributed by atoms with Crippen molar-refractivity contribution in [2.24, 2.45) is 0 Å². The summed E-state index contributed by atoms with van der Waals surface area (Å²) in [5.41, 5.74) is 1.78. The molecular formula is C12H10ClFN2O. The lowest BCUT2D eigenvalue weighted by Gasteiger charge is -2.06. The molecule has 0 unspecified atom stereocenters. The Labute approximate surface area is 103 Å². The third-order valence-corrected chi connectivity index (χ3v) is 2.55. The van der Waals surface area contributed by atoms with E-state index in [1.807, 2.05) is 0 Å². The molecule has 0 fully saturated rings. The van der Waals surface area contributed by atoms with Gasteiger partial charge in [-0.15, -0.1) is 0 Å². The summed E-state index contributed by atoms with van der Waals surface area (Å²) in [6.07, 6.45) is 0. The number of aliphatic hydroxyl groups excluding tert-OH is 1. The fraction of sp³-hybridized carbons (Fsp3) is 0.167. The van der Waals surface area contributed by atoms with Crippen LogP contribution in [0.5, 0.6) is 0 Å². The van der Waals surface area contributed by atoms with Crippen molar-refractivity contribution in [3.05, 3.63) is 46.5 Å². The topological polar surface area (TPSA) is 46.0 Å². The predicted octanol–water partition coefficient (Wildman–Crippen LogP) is 2.74. The van der Waals surface area contributed by atoms with Gasteiger partial charge in [0.1, 0.15) is 5.82 Å². The molecule has 2 rings (SSSR count). The van der Waals surface area contributed by atoms with Crippen molar-refractivity contribution in [1.29, 1.82) is 0 Å². The van der Waals surface area contributed by atoms with Crippen LogP contribution in [0.1, 0.15) is 11.4 Å². The highest BCUT2D eigenvalue weighted by Gasteiger charge is 2.09. The number of halogens is 2. The average molecular weight is 253 g/mol. The van der Waals surface area contributed by atoms with E-state index in [0.717, 1.165) is 5.69 Å². The molecule has 1 heterocycles. The van der Waals surface area contributed by atoms with E-state index in [2.05, 4.69) is 9.97 Å². The zero-order chi connectivity index (χ0) is 12.4. The minimum Gasteiger partial charge on any atom is -0.390 e. The van der Waals surface area contributed by atoms with Gasteiger partial charge in [-0.05, 0) is 31.2 Å². The molecule has 17 heavy (non-hydrogen) atoms. The Balaban J connectivity index is 2.55. The molecule has 0 aliphatic heterocycles. The first-order valence-corrected chi connectivity index (χ1v) is 5.39. The van der Waals surface area contributed by atoms with Gasteiger partial charge in [-0.2, -0.15) is 0 Å². The number of aromatic nitrogens is 2. The van der Waals surface area contributed by atoms with E-state index in [1.165, 1.54) is 18.2 Å². The van der Waals surface area contributed by atoms with Crippen LogP contribution in [0, 0.1) is 12.7 Å². The Bertz CT molecular complexity index is 560. The Morgan fingerprint density at radius 3 is 2.71 bits per heavy atom. The van der Waals surface area contributed by atoms with E-state index < -0.39 is 5.82 Å². The fourth-order valence-electron chi connectivity index (χ4n) is 1.51. The van der Waals surface area contributed by atoms with Crippen LogP contribution in [0.3, 0.4) is 0 Å². The second-order valence-corrected chi connectivity index (χ2v) is 4.01. The summed E-state index contributed by atoms with van der Waals surface area (Å²) in [7, 11) is 0. The Kier molecular flexibility index (Phi) is 3.36. The fourth-order valence-corrected chi connectivity index (χ4v) is 1.76. The lowest BCUT2D eigenvalue weighted by molar-refractivity contribution is 0.276. The van der Waals surface area contributed by atoms with Crippen molar-refractivity contribution in [3.63, 3.8) is 0 Å². The summed E-state index contributed by atoms with van der Waals surface area (Å²) in [4.78, 5) is 8.36. The summed E-state index contributed by atoms with van der Waals surface area (Å²) >= 11 is 5.93. The Morgan fingerprint density at radius 2 is 2.06 bits per heavy atom. The zero-order valence-corrected chi connectivity index (χ0v) is 9.87. The van der Waals surface area contributed by atoms with Crippen LogP contribution in [-0.2, 0) is 6.61 Å². The maximum atomic E-state index is 12.9. The molecule has 0 spiro atoms. The van der Waals surface area contributed by atoms with Gasteiger partial charge in [0.2, 0.25) is 0 Å². The average Bonchev–Trinajstić information content (AvgIpc) is 2.28. The monoisotopic (exact) mass is 252 g/mol. The molecule has 0 bridgehead atoms. The van der Waals surface area contributed by atoms with Gasteiger partial charge >= 0.3 is 0 Å². The van der Waals surface area contributed by atoms with E-state index in [0.29, 0.717) is 17.1 Å². The number of aliphatic hydroxyl groups is 1. The summed E-state index contributed by atoms with van der Waals surface area (Å²) in [6.45, 7) is 1.62. The summed E-state index contributed by atoms with van der Waals surface area (Å²) in [5, 5.41) is 9.31. The molecule has 0 saturated heterocycles. The molecule has 1 aromatic heterocycles. The minimum absolute atomic E-state index is 0.171. The second-order valence-electron chi connectivity index (χ2n) is 3.61. The van der Waals surface area contributed by atoms with Gasteiger partial charge < -0.3 is 5.11 Å². The predicted molar refractivity (Wildman–Crippen MR) is 63.1 cm³/mol. The third kappa shape index (κ3) is 2.60. The quantitative estimate of drug-likeness (QED) is 0.894. The number of rotatable bonds is 2. The lowest BCUT2D eigenvalue weighted by Crippen LogP contribution is -1.98. The highest BCUT2D eigenvalue weighted by atomic mass is 35.5. The smallest absolute Gasteiger partial charge is 0.161 e. The van der Waals surface area contributed by atoms with Crippen LogP contribution in [0.2, 0.25) is 5.02 Å². The first-order chi connectivity index (χ1) is 8.10. The van der Waals surface area contributed by atoms with Crippen LogP contribution < -0.4 is 0 Å². The molecule has 0 atom stereocenters. The van der Waals surface area contributed by atoms with Gasteiger partial charge in [0.15, 0.2) is 5.82 Å². The normalized spacial score (nSPS) is 10.6. The van der Waals surface area contributed by atoms with Crippen LogP contribution in [0.4, 0.5) is 4.39 Å². The number of benzene rings is 1. The number of hydrogen-bond acceptors (Lipinski definition) is 3. The van der Waals surface area contributed by atoms with E-state index >= 15 is 0 Å². The highest BCUT2D eigenvalue weighted by molar-refractivity contribution is 6.33. The van der Waals surface area contributed by atoms with Crippen molar-refractivity contribution in [2.45, 2.75) is 13.5 Å². The van der Waals surface area contributed by atoms with Gasteiger partial charge in [0, 0.05) is 11.3 Å². The van der Waals surface area contributed by atoms with Gasteiger partial charge in [-0.25, -0.2) is 14.4 Å². The largest absolute Gasteiger partial charge is 0.390 e. The Morgan fingerprint density at radius 1 is 1.29 bits per heavy atom. The van der Waals surface area contributed by atoms with Gasteiger partial charge in [0.25, 0.3) is 0 Å². The molecule has 0 amide bonds. The van der Waals surface area contributed by atoms with Crippen LogP contribution in [0.15, 0.2) is 24.3 Å². The Hall–Kier alpha value is -1.52. The van der Waals surface area contributed by atoms with Gasteiger partial charge in [0.05, 0.1) is 17.3 Å². The van der Waals surface area contributed by atoms with E-state index in [9.17, 15) is 4.39 Å². The molecule has 2 aromatic rings. The van der Waals surface area contributed by atoms with Crippen LogP contribution in [0.25, 0.3) is 11.4 Å². The molecule has 3 nitrogen and oxygen atoms in total. The van der Waals surface area contributed by atoms with Crippen molar-refractivity contribution >= 4 is 11.6 Å². The maximum absolute atomic E-state index is 12.9. The highest BCUT2D eigenvalue weighted by Crippen LogP contribution is 2.26. The summed E-state index contributed by atoms with van der Waals surface area (Å²) < 4.78 is 12.9. The van der Waals surface area contributed by atoms with Gasteiger partial charge in [-0.3, -0.25) is 0 Å². The van der Waals surface area contributed by atoms with Crippen molar-refractivity contribution in [1.82, 2.24) is 9.97 Å². The second kappa shape index (κ2) is 4.77. The van der Waals surface area contributed by atoms with Crippen molar-refractivity contribution in [2.75, 3.05) is 0 Å².